The summed E-state index contributed by atoms with van der Waals surface area (Å²) < 4.78 is -0.743. The fourth-order valence-corrected chi connectivity index (χ4v) is 5.24. The molecule has 2 fully saturated rings. The smallest absolute Gasteiger partial charge is 0.315 e. The van der Waals surface area contributed by atoms with Gasteiger partial charge in [-0.15, -0.1) is 11.8 Å². The first-order chi connectivity index (χ1) is 12.5. The van der Waals surface area contributed by atoms with E-state index >= 15 is 0 Å². The van der Waals surface area contributed by atoms with Crippen LogP contribution in [0, 0.1) is 0 Å². The van der Waals surface area contributed by atoms with Crippen molar-refractivity contribution < 1.29 is 24.6 Å². The highest BCUT2D eigenvalue weighted by atomic mass is 32.2. The molecule has 2 aliphatic heterocycles. The van der Waals surface area contributed by atoms with E-state index in [-0.39, 0.29) is 37.0 Å². The molecule has 0 bridgehead atoms. The number of nitrogens with one attached hydrogen (secondary N) is 3. The Morgan fingerprint density at radius 1 is 1.15 bits per heavy atom. The number of fused-ring (bicyclic) bond motifs is 1. The van der Waals surface area contributed by atoms with E-state index in [1.54, 1.807) is 11.8 Å². The first-order valence-electron chi connectivity index (χ1n) is 9.31. The zero-order chi connectivity index (χ0) is 19.0. The number of carbonyl (C=O) groups excluding carboxylic acids is 2. The molecule has 0 radical (unpaired) electrons. The number of carbonyl (C=O) groups is 3. The Hall–Kier alpha value is -1.48. The molecule has 0 saturated carbocycles. The van der Waals surface area contributed by atoms with Gasteiger partial charge in [0.2, 0.25) is 5.91 Å². The fraction of sp³-hybridized carbons (Fsp3) is 0.824. The van der Waals surface area contributed by atoms with E-state index in [9.17, 15) is 14.4 Å². The lowest BCUT2D eigenvalue weighted by Gasteiger charge is -2.32. The first-order valence-corrected chi connectivity index (χ1v) is 10.3. The van der Waals surface area contributed by atoms with Gasteiger partial charge >= 0.3 is 12.0 Å². The summed E-state index contributed by atoms with van der Waals surface area (Å²) in [6, 6.07) is -0.575. The van der Waals surface area contributed by atoms with Gasteiger partial charge in [0.25, 0.3) is 0 Å². The second-order valence-corrected chi connectivity index (χ2v) is 8.25. The highest BCUT2D eigenvalue weighted by Crippen LogP contribution is 2.44. The first kappa shape index (κ1) is 20.8. The van der Waals surface area contributed by atoms with Crippen LogP contribution in [0.1, 0.15) is 51.4 Å². The topological polar surface area (TPSA) is 128 Å². The molecular formula is C17H29N3O5S. The maximum Gasteiger partial charge on any atom is 0.315 e. The van der Waals surface area contributed by atoms with Crippen molar-refractivity contribution in [1.82, 2.24) is 16.0 Å². The van der Waals surface area contributed by atoms with Crippen LogP contribution >= 0.6 is 11.8 Å². The quantitative estimate of drug-likeness (QED) is 0.249. The van der Waals surface area contributed by atoms with Crippen molar-refractivity contribution in [2.24, 2.45) is 0 Å². The van der Waals surface area contributed by atoms with Crippen molar-refractivity contribution in [2.45, 2.75) is 68.2 Å². The van der Waals surface area contributed by atoms with E-state index in [0.29, 0.717) is 31.6 Å². The van der Waals surface area contributed by atoms with Crippen LogP contribution in [0.15, 0.2) is 0 Å². The van der Waals surface area contributed by atoms with Gasteiger partial charge in [-0.1, -0.05) is 19.3 Å². The van der Waals surface area contributed by atoms with Crippen molar-refractivity contribution in [3.63, 3.8) is 0 Å². The summed E-state index contributed by atoms with van der Waals surface area (Å²) in [7, 11) is 0. The SMILES string of the molecule is O=C(O)CCCC[C@]1(C(=O)NCCCCCCO)SC[C@@H]2NC(=O)N[C@@H]21. The summed E-state index contributed by atoms with van der Waals surface area (Å²) in [6.45, 7) is 0.763. The van der Waals surface area contributed by atoms with Crippen molar-refractivity contribution in [3.05, 3.63) is 0 Å². The van der Waals surface area contributed by atoms with Gasteiger partial charge in [-0.25, -0.2) is 4.79 Å². The maximum absolute atomic E-state index is 13.0. The summed E-state index contributed by atoms with van der Waals surface area (Å²) in [5, 5.41) is 26.3. The molecule has 8 nitrogen and oxygen atoms in total. The van der Waals surface area contributed by atoms with Crippen LogP contribution in [0.3, 0.4) is 0 Å². The molecular weight excluding hydrogens is 358 g/mol. The number of amides is 3. The van der Waals surface area contributed by atoms with Crippen LogP contribution in [0.5, 0.6) is 0 Å². The summed E-state index contributed by atoms with van der Waals surface area (Å²) >= 11 is 1.55. The highest BCUT2D eigenvalue weighted by Gasteiger charge is 2.57. The molecule has 0 spiro atoms. The number of aliphatic hydroxyl groups is 1. The molecule has 0 unspecified atom stereocenters. The number of urea groups is 1. The van der Waals surface area contributed by atoms with Gasteiger partial charge in [0.15, 0.2) is 0 Å². The molecule has 2 rings (SSSR count). The van der Waals surface area contributed by atoms with E-state index in [4.69, 9.17) is 10.2 Å². The molecule has 148 valence electrons. The third kappa shape index (κ3) is 5.26. The molecule has 2 aliphatic rings. The van der Waals surface area contributed by atoms with Gasteiger partial charge in [0, 0.05) is 25.3 Å². The number of unbranched alkanes of at least 4 members (excludes halogenated alkanes) is 4. The molecule has 3 amide bonds. The summed E-state index contributed by atoms with van der Waals surface area (Å²) in [6.07, 6.45) is 5.29. The van der Waals surface area contributed by atoms with Crippen LogP contribution in [0.25, 0.3) is 0 Å². The molecule has 26 heavy (non-hydrogen) atoms. The highest BCUT2D eigenvalue weighted by molar-refractivity contribution is 8.01. The normalized spacial score (nSPS) is 26.9. The number of hydrogen-bond donors (Lipinski definition) is 5. The Morgan fingerprint density at radius 2 is 1.92 bits per heavy atom. The largest absolute Gasteiger partial charge is 0.481 e. The number of aliphatic hydroxyl groups excluding tert-OH is 1. The Labute approximate surface area is 157 Å². The van der Waals surface area contributed by atoms with E-state index in [1.165, 1.54) is 0 Å². The third-order valence-corrected chi connectivity index (χ3v) is 6.66. The second kappa shape index (κ2) is 10.0. The van der Waals surface area contributed by atoms with Gasteiger partial charge in [-0.2, -0.15) is 0 Å². The number of aliphatic carboxylic acids is 1. The van der Waals surface area contributed by atoms with Gasteiger partial charge in [-0.3, -0.25) is 9.59 Å². The molecule has 3 atom stereocenters. The number of carboxylic acids is 1. The molecule has 0 aromatic rings. The van der Waals surface area contributed by atoms with Gasteiger partial charge in [0.1, 0.15) is 4.75 Å². The van der Waals surface area contributed by atoms with Crippen molar-refractivity contribution in [1.29, 1.82) is 0 Å². The van der Waals surface area contributed by atoms with Crippen molar-refractivity contribution in [2.75, 3.05) is 18.9 Å². The lowest BCUT2D eigenvalue weighted by Crippen LogP contribution is -2.56. The lowest BCUT2D eigenvalue weighted by molar-refractivity contribution is -0.137. The zero-order valence-electron chi connectivity index (χ0n) is 15.0. The van der Waals surface area contributed by atoms with Crippen molar-refractivity contribution >= 4 is 29.7 Å². The predicted molar refractivity (Wildman–Crippen MR) is 99.1 cm³/mol. The molecule has 2 heterocycles. The van der Waals surface area contributed by atoms with Crippen molar-refractivity contribution in [3.8, 4) is 0 Å². The van der Waals surface area contributed by atoms with Crippen LogP contribution < -0.4 is 16.0 Å². The second-order valence-electron chi connectivity index (χ2n) is 6.90. The van der Waals surface area contributed by atoms with Gasteiger partial charge < -0.3 is 26.2 Å². The van der Waals surface area contributed by atoms with E-state index < -0.39 is 10.7 Å². The third-order valence-electron chi connectivity index (χ3n) is 4.97. The number of hydrogen-bond acceptors (Lipinski definition) is 5. The van der Waals surface area contributed by atoms with E-state index in [0.717, 1.165) is 25.7 Å². The Balaban J connectivity index is 1.91. The minimum atomic E-state index is -0.834. The molecule has 5 N–H and O–H groups in total. The van der Waals surface area contributed by atoms with Crippen LogP contribution in [-0.2, 0) is 9.59 Å². The summed E-state index contributed by atoms with van der Waals surface area (Å²) in [4.78, 5) is 35.4. The van der Waals surface area contributed by atoms with Gasteiger partial charge in [-0.05, 0) is 25.7 Å². The molecule has 0 aromatic carbocycles. The summed E-state index contributed by atoms with van der Waals surface area (Å²) in [5.41, 5.74) is 0. The molecule has 0 aromatic heterocycles. The van der Waals surface area contributed by atoms with E-state index in [2.05, 4.69) is 16.0 Å². The Kier molecular flexibility index (Phi) is 8.02. The van der Waals surface area contributed by atoms with Crippen LogP contribution in [0.2, 0.25) is 0 Å². The maximum atomic E-state index is 13.0. The minimum Gasteiger partial charge on any atom is -0.481 e. The number of rotatable bonds is 12. The van der Waals surface area contributed by atoms with E-state index in [1.807, 2.05) is 0 Å². The lowest BCUT2D eigenvalue weighted by atomic mass is 9.88. The summed E-state index contributed by atoms with van der Waals surface area (Å²) in [5.74, 6) is -0.234. The van der Waals surface area contributed by atoms with Crippen LogP contribution in [0.4, 0.5) is 4.79 Å². The zero-order valence-corrected chi connectivity index (χ0v) is 15.8. The Bertz CT molecular complexity index is 519. The predicted octanol–water partition coefficient (Wildman–Crippen LogP) is 0.836. The fourth-order valence-electron chi connectivity index (χ4n) is 3.60. The van der Waals surface area contributed by atoms with Gasteiger partial charge in [0.05, 0.1) is 12.1 Å². The number of carboxylic acid groups (broad SMARTS) is 1. The van der Waals surface area contributed by atoms with Crippen LogP contribution in [-0.4, -0.2) is 63.9 Å². The average Bonchev–Trinajstić information content (AvgIpc) is 3.13. The monoisotopic (exact) mass is 387 g/mol. The standard InChI is InChI=1S/C17H29N3O5S/c21-10-6-2-1-5-9-18-15(24)17(8-4-3-7-13(22)23)14-12(11-26-17)19-16(25)20-14/h12,14,21H,1-11H2,(H,18,24)(H,22,23)(H2,19,20,25)/t12-,14-,17-/m0/s1. The molecule has 9 heteroatoms. The minimum absolute atomic E-state index is 0.0673. The Morgan fingerprint density at radius 3 is 2.65 bits per heavy atom. The molecule has 0 aliphatic carbocycles. The molecule has 2 saturated heterocycles. The number of thioether (sulfide) groups is 1. The average molecular weight is 388 g/mol.